The smallest absolute Gasteiger partial charge is 0.338 e. The van der Waals surface area contributed by atoms with Gasteiger partial charge in [-0.3, -0.25) is 9.36 Å². The van der Waals surface area contributed by atoms with Crippen LogP contribution < -0.4 is 19.6 Å². The molecule has 0 unspecified atom stereocenters. The van der Waals surface area contributed by atoms with E-state index in [9.17, 15) is 9.59 Å². The van der Waals surface area contributed by atoms with Crippen LogP contribution in [0.15, 0.2) is 141 Å². The number of methoxy groups -OCH3 is 1. The number of carbonyl (C=O) groups excluding carboxylic acids is 1. The number of hydrogen-bond donors (Lipinski definition) is 0. The van der Waals surface area contributed by atoms with Crippen molar-refractivity contribution in [3.05, 3.63) is 162 Å². The first kappa shape index (κ1) is 32.3. The molecule has 49 heavy (non-hydrogen) atoms. The van der Waals surface area contributed by atoms with Crippen LogP contribution in [0.1, 0.15) is 31.0 Å². The number of allylic oxidation sites excluding steroid dienone is 1. The lowest BCUT2D eigenvalue weighted by Gasteiger charge is -2.25. The average molecular weight is 731 g/mol. The van der Waals surface area contributed by atoms with Crippen LogP contribution in [0, 0.1) is 0 Å². The SMILES string of the molecule is CCOC(=O)C1=C(C)N=c2s/c(=C/c3cc(-c4ccccc4)n(-c4ccccc4)c3-c3ccccc3)c(=O)n2[C@@H]1c1ccc(OC)c(Br)c1. The predicted octanol–water partition coefficient (Wildman–Crippen LogP) is 7.69. The van der Waals surface area contributed by atoms with Crippen LogP contribution in [0.5, 0.6) is 5.75 Å². The molecule has 0 amide bonds. The molecule has 1 aliphatic rings. The molecule has 2 aromatic heterocycles. The maximum Gasteiger partial charge on any atom is 0.338 e. The van der Waals surface area contributed by atoms with Crippen LogP contribution in [0.4, 0.5) is 0 Å². The minimum Gasteiger partial charge on any atom is -0.496 e. The second kappa shape index (κ2) is 13.7. The zero-order chi connectivity index (χ0) is 34.1. The van der Waals surface area contributed by atoms with Crippen molar-refractivity contribution in [2.24, 2.45) is 4.99 Å². The van der Waals surface area contributed by atoms with Gasteiger partial charge in [-0.2, -0.15) is 0 Å². The van der Waals surface area contributed by atoms with Crippen LogP contribution in [-0.4, -0.2) is 28.8 Å². The summed E-state index contributed by atoms with van der Waals surface area (Å²) in [5.74, 6) is 0.133. The molecule has 0 saturated heterocycles. The topological polar surface area (TPSA) is 74.8 Å². The van der Waals surface area contributed by atoms with Gasteiger partial charge in [0, 0.05) is 11.3 Å². The Hall–Kier alpha value is -5.25. The van der Waals surface area contributed by atoms with Gasteiger partial charge >= 0.3 is 5.97 Å². The highest BCUT2D eigenvalue weighted by atomic mass is 79.9. The maximum atomic E-state index is 14.6. The van der Waals surface area contributed by atoms with E-state index in [1.807, 2.05) is 78.9 Å². The molecule has 0 spiro atoms. The molecule has 6 aromatic rings. The highest BCUT2D eigenvalue weighted by Crippen LogP contribution is 2.37. The quantitative estimate of drug-likeness (QED) is 0.151. The van der Waals surface area contributed by atoms with Gasteiger partial charge in [-0.15, -0.1) is 0 Å². The van der Waals surface area contributed by atoms with E-state index in [-0.39, 0.29) is 12.2 Å². The van der Waals surface area contributed by atoms with Crippen LogP contribution in [0.25, 0.3) is 34.3 Å². The lowest BCUT2D eigenvalue weighted by molar-refractivity contribution is -0.139. The first-order valence-electron chi connectivity index (χ1n) is 15.8. The summed E-state index contributed by atoms with van der Waals surface area (Å²) in [6, 6.07) is 37.6. The van der Waals surface area contributed by atoms with E-state index < -0.39 is 12.0 Å². The molecule has 4 aromatic carbocycles. The Morgan fingerprint density at radius 1 is 0.918 bits per heavy atom. The number of ether oxygens (including phenoxy) is 2. The third kappa shape index (κ3) is 6.00. The van der Waals surface area contributed by atoms with Gasteiger partial charge in [0.05, 0.1) is 51.4 Å². The van der Waals surface area contributed by atoms with Gasteiger partial charge < -0.3 is 14.0 Å². The number of thiazole rings is 1. The van der Waals surface area contributed by atoms with E-state index in [2.05, 4.69) is 63.0 Å². The molecule has 0 N–H and O–H groups in total. The minimum absolute atomic E-state index is 0.198. The van der Waals surface area contributed by atoms with Gasteiger partial charge in [0.1, 0.15) is 5.75 Å². The van der Waals surface area contributed by atoms with Crippen molar-refractivity contribution in [2.75, 3.05) is 13.7 Å². The first-order valence-corrected chi connectivity index (χ1v) is 17.5. The monoisotopic (exact) mass is 729 g/mol. The predicted molar refractivity (Wildman–Crippen MR) is 198 cm³/mol. The zero-order valence-electron chi connectivity index (χ0n) is 27.1. The molecular weight excluding hydrogens is 698 g/mol. The fraction of sp³-hybridized carbons (Fsp3) is 0.125. The lowest BCUT2D eigenvalue weighted by atomic mass is 9.96. The number of rotatable bonds is 8. The molecular formula is C40H32BrN3O4S. The maximum absolute atomic E-state index is 14.6. The van der Waals surface area contributed by atoms with Crippen molar-refractivity contribution in [3.8, 4) is 34.0 Å². The largest absolute Gasteiger partial charge is 0.496 e. The number of esters is 1. The van der Waals surface area contributed by atoms with E-state index in [0.717, 1.165) is 39.3 Å². The minimum atomic E-state index is -0.748. The number of para-hydroxylation sites is 1. The Morgan fingerprint density at radius 3 is 2.20 bits per heavy atom. The number of aromatic nitrogens is 2. The summed E-state index contributed by atoms with van der Waals surface area (Å²) in [5.41, 5.74) is 7.19. The Kier molecular flexibility index (Phi) is 9.03. The summed E-state index contributed by atoms with van der Waals surface area (Å²) in [6.45, 7) is 3.75. The van der Waals surface area contributed by atoms with Crippen molar-refractivity contribution in [3.63, 3.8) is 0 Å². The number of halogens is 1. The number of benzene rings is 4. The van der Waals surface area contributed by atoms with Crippen molar-refractivity contribution >= 4 is 39.3 Å². The van der Waals surface area contributed by atoms with Crippen molar-refractivity contribution in [1.82, 2.24) is 9.13 Å². The normalized spacial score (nSPS) is 14.4. The zero-order valence-corrected chi connectivity index (χ0v) is 29.5. The van der Waals surface area contributed by atoms with Gasteiger partial charge in [0.15, 0.2) is 4.80 Å². The van der Waals surface area contributed by atoms with Crippen LogP contribution in [0.3, 0.4) is 0 Å². The van der Waals surface area contributed by atoms with E-state index in [1.54, 1.807) is 25.5 Å². The van der Waals surface area contributed by atoms with Crippen molar-refractivity contribution in [1.29, 1.82) is 0 Å². The summed E-state index contributed by atoms with van der Waals surface area (Å²) in [6.07, 6.45) is 1.95. The van der Waals surface area contributed by atoms with Crippen molar-refractivity contribution < 1.29 is 14.3 Å². The molecule has 0 radical (unpaired) electrons. The van der Waals surface area contributed by atoms with Gasteiger partial charge in [-0.25, -0.2) is 9.79 Å². The molecule has 0 saturated carbocycles. The Morgan fingerprint density at radius 2 is 1.57 bits per heavy atom. The molecule has 0 fully saturated rings. The lowest BCUT2D eigenvalue weighted by Crippen LogP contribution is -2.40. The molecule has 0 bridgehead atoms. The van der Waals surface area contributed by atoms with Crippen LogP contribution in [-0.2, 0) is 9.53 Å². The Labute approximate surface area is 295 Å². The second-order valence-electron chi connectivity index (χ2n) is 11.4. The molecule has 7 rings (SSSR count). The van der Waals surface area contributed by atoms with Gasteiger partial charge in [-0.05, 0) is 82.9 Å². The third-order valence-electron chi connectivity index (χ3n) is 8.46. The number of nitrogens with zero attached hydrogens (tertiary/aromatic N) is 3. The Bertz CT molecular complexity index is 2400. The molecule has 1 aliphatic heterocycles. The third-order valence-corrected chi connectivity index (χ3v) is 10.1. The molecule has 3 heterocycles. The number of hydrogen-bond acceptors (Lipinski definition) is 6. The van der Waals surface area contributed by atoms with E-state index >= 15 is 0 Å². The first-order chi connectivity index (χ1) is 23.9. The molecule has 1 atom stereocenters. The van der Waals surface area contributed by atoms with Crippen LogP contribution >= 0.6 is 27.3 Å². The fourth-order valence-corrected chi connectivity index (χ4v) is 7.89. The highest BCUT2D eigenvalue weighted by molar-refractivity contribution is 9.10. The van der Waals surface area contributed by atoms with E-state index in [4.69, 9.17) is 14.5 Å². The summed E-state index contributed by atoms with van der Waals surface area (Å²) in [4.78, 5) is 33.3. The second-order valence-corrected chi connectivity index (χ2v) is 13.3. The average Bonchev–Trinajstić information content (AvgIpc) is 3.65. The standard InChI is InChI=1S/C40H32BrN3O4S/c1-4-48-39(46)35-25(2)42-40-44(37(35)28-20-21-33(47-3)31(41)22-28)38(45)34(49-40)24-29-23-32(26-14-8-5-9-15-26)43(30-18-12-7-13-19-30)36(29)27-16-10-6-11-17-27/h5-24,37H,4H2,1-3H3/b34-24+/t37-/m1/s1. The Balaban J connectivity index is 1.50. The highest BCUT2D eigenvalue weighted by Gasteiger charge is 2.34. The summed E-state index contributed by atoms with van der Waals surface area (Å²) >= 11 is 4.89. The van der Waals surface area contributed by atoms with Crippen molar-refractivity contribution in [2.45, 2.75) is 19.9 Å². The van der Waals surface area contributed by atoms with Gasteiger partial charge in [0.25, 0.3) is 5.56 Å². The van der Waals surface area contributed by atoms with Crippen LogP contribution in [0.2, 0.25) is 0 Å². The van der Waals surface area contributed by atoms with Gasteiger partial charge in [-0.1, -0.05) is 96.3 Å². The number of fused-ring (bicyclic) bond motifs is 1. The molecule has 244 valence electrons. The van der Waals surface area contributed by atoms with Gasteiger partial charge in [0.2, 0.25) is 0 Å². The van der Waals surface area contributed by atoms with E-state index in [0.29, 0.717) is 30.8 Å². The molecule has 9 heteroatoms. The molecule has 7 nitrogen and oxygen atoms in total. The molecule has 0 aliphatic carbocycles. The summed E-state index contributed by atoms with van der Waals surface area (Å²) in [7, 11) is 1.59. The fourth-order valence-electron chi connectivity index (χ4n) is 6.30. The summed E-state index contributed by atoms with van der Waals surface area (Å²) in [5, 5.41) is 0. The number of carbonyl (C=O) groups is 1. The van der Waals surface area contributed by atoms with E-state index in [1.165, 1.54) is 11.3 Å². The summed E-state index contributed by atoms with van der Waals surface area (Å²) < 4.78 is 16.0.